The fourth-order valence-electron chi connectivity index (χ4n) is 0.838. The summed E-state index contributed by atoms with van der Waals surface area (Å²) in [7, 11) is 0. The Hall–Kier alpha value is -1.26. The maximum atomic E-state index is 11.9. The van der Waals surface area contributed by atoms with Crippen LogP contribution in [0.2, 0.25) is 0 Å². The summed E-state index contributed by atoms with van der Waals surface area (Å²) in [6, 6.07) is 0. The smallest absolute Gasteiger partial charge is 0.322 e. The molecule has 66 valence electrons. The first-order chi connectivity index (χ1) is 5.53. The molecule has 0 atom stereocenters. The second-order valence-corrected chi connectivity index (χ2v) is 2.23. The lowest BCUT2D eigenvalue weighted by Gasteiger charge is -2.07. The van der Waals surface area contributed by atoms with Crippen molar-refractivity contribution in [3.8, 4) is 0 Å². The number of rotatable bonds is 2. The van der Waals surface area contributed by atoms with Crippen molar-refractivity contribution in [1.82, 2.24) is 9.55 Å². The van der Waals surface area contributed by atoms with E-state index in [1.807, 2.05) is 0 Å². The molecule has 0 aromatic carbocycles. The van der Waals surface area contributed by atoms with Crippen molar-refractivity contribution in [2.45, 2.75) is 12.7 Å². The molecule has 0 N–H and O–H groups in total. The summed E-state index contributed by atoms with van der Waals surface area (Å²) in [4.78, 5) is 3.66. The van der Waals surface area contributed by atoms with E-state index in [-0.39, 0.29) is 5.82 Å². The Morgan fingerprint density at radius 2 is 2.25 bits per heavy atom. The van der Waals surface area contributed by atoms with E-state index < -0.39 is 12.7 Å². The van der Waals surface area contributed by atoms with Crippen LogP contribution in [-0.2, 0) is 6.54 Å². The minimum absolute atomic E-state index is 0.229. The zero-order valence-corrected chi connectivity index (χ0v) is 6.17. The van der Waals surface area contributed by atoms with Gasteiger partial charge in [-0.3, -0.25) is 0 Å². The monoisotopic (exact) mass is 176 g/mol. The second-order valence-electron chi connectivity index (χ2n) is 2.23. The van der Waals surface area contributed by atoms with Crippen LogP contribution in [-0.4, -0.2) is 15.7 Å². The fourth-order valence-corrected chi connectivity index (χ4v) is 0.838. The Morgan fingerprint density at radius 1 is 1.58 bits per heavy atom. The molecular formula is C7H7F3N2. The summed E-state index contributed by atoms with van der Waals surface area (Å²) in [5.41, 5.74) is 0. The lowest BCUT2D eigenvalue weighted by atomic mass is 10.5. The molecule has 0 aliphatic carbocycles. The van der Waals surface area contributed by atoms with E-state index in [9.17, 15) is 13.2 Å². The largest absolute Gasteiger partial charge is 0.406 e. The van der Waals surface area contributed by atoms with Gasteiger partial charge in [-0.1, -0.05) is 6.58 Å². The van der Waals surface area contributed by atoms with E-state index in [4.69, 9.17) is 0 Å². The van der Waals surface area contributed by atoms with Crippen LogP contribution >= 0.6 is 0 Å². The number of imidazole rings is 1. The third kappa shape index (κ3) is 2.11. The summed E-state index contributed by atoms with van der Waals surface area (Å²) in [5, 5.41) is 0. The van der Waals surface area contributed by atoms with Gasteiger partial charge in [0.05, 0.1) is 0 Å². The van der Waals surface area contributed by atoms with Crippen LogP contribution < -0.4 is 0 Å². The predicted octanol–water partition coefficient (Wildman–Crippen LogP) is 2.09. The first kappa shape index (κ1) is 8.83. The van der Waals surface area contributed by atoms with Crippen LogP contribution in [0.4, 0.5) is 13.2 Å². The van der Waals surface area contributed by atoms with Crippen molar-refractivity contribution < 1.29 is 13.2 Å². The summed E-state index contributed by atoms with van der Waals surface area (Å²) in [6.45, 7) is 2.32. The molecular weight excluding hydrogens is 169 g/mol. The van der Waals surface area contributed by atoms with Crippen LogP contribution in [0.15, 0.2) is 19.0 Å². The van der Waals surface area contributed by atoms with Gasteiger partial charge >= 0.3 is 6.18 Å². The highest BCUT2D eigenvalue weighted by Gasteiger charge is 2.28. The van der Waals surface area contributed by atoms with Crippen LogP contribution in [0.3, 0.4) is 0 Å². The average Bonchev–Trinajstić information content (AvgIpc) is 2.31. The summed E-state index contributed by atoms with van der Waals surface area (Å²) >= 11 is 0. The molecule has 0 unspecified atom stereocenters. The van der Waals surface area contributed by atoms with E-state index in [1.54, 1.807) is 0 Å². The second kappa shape index (κ2) is 3.00. The van der Waals surface area contributed by atoms with E-state index in [2.05, 4.69) is 11.6 Å². The lowest BCUT2D eigenvalue weighted by Crippen LogP contribution is -2.17. The Balaban J connectivity index is 2.81. The molecule has 1 rings (SSSR count). The average molecular weight is 176 g/mol. The SMILES string of the molecule is C=Cc1nccn1CC(F)(F)F. The van der Waals surface area contributed by atoms with Gasteiger partial charge in [0, 0.05) is 12.4 Å². The minimum atomic E-state index is -4.21. The lowest BCUT2D eigenvalue weighted by molar-refractivity contribution is -0.140. The number of halogens is 3. The van der Waals surface area contributed by atoms with Crippen molar-refractivity contribution in [2.24, 2.45) is 0 Å². The van der Waals surface area contributed by atoms with Crippen molar-refractivity contribution in [3.63, 3.8) is 0 Å². The first-order valence-electron chi connectivity index (χ1n) is 3.23. The molecule has 0 radical (unpaired) electrons. The number of aromatic nitrogens is 2. The molecule has 0 saturated carbocycles. The molecule has 1 aromatic heterocycles. The Kier molecular flexibility index (Phi) is 2.21. The quantitative estimate of drug-likeness (QED) is 0.674. The third-order valence-electron chi connectivity index (χ3n) is 1.28. The van der Waals surface area contributed by atoms with Crippen molar-refractivity contribution in [1.29, 1.82) is 0 Å². The van der Waals surface area contributed by atoms with Gasteiger partial charge in [-0.2, -0.15) is 13.2 Å². The van der Waals surface area contributed by atoms with Crippen LogP contribution in [0.1, 0.15) is 5.82 Å². The highest BCUT2D eigenvalue weighted by molar-refractivity contribution is 5.36. The van der Waals surface area contributed by atoms with Crippen molar-refractivity contribution in [2.75, 3.05) is 0 Å². The van der Waals surface area contributed by atoms with Crippen LogP contribution in [0, 0.1) is 0 Å². The standard InChI is InChI=1S/C7H7F3N2/c1-2-6-11-3-4-12(6)5-7(8,9)10/h2-4H,1,5H2. The molecule has 0 bridgehead atoms. The normalized spacial score (nSPS) is 11.6. The van der Waals surface area contributed by atoms with E-state index in [1.165, 1.54) is 18.5 Å². The maximum absolute atomic E-state index is 11.9. The van der Waals surface area contributed by atoms with Gasteiger partial charge in [0.25, 0.3) is 0 Å². The van der Waals surface area contributed by atoms with E-state index in [0.29, 0.717) is 0 Å². The highest BCUT2D eigenvalue weighted by Crippen LogP contribution is 2.18. The minimum Gasteiger partial charge on any atom is -0.322 e. The van der Waals surface area contributed by atoms with Gasteiger partial charge in [-0.15, -0.1) is 0 Å². The van der Waals surface area contributed by atoms with Gasteiger partial charge in [0.1, 0.15) is 12.4 Å². The maximum Gasteiger partial charge on any atom is 0.406 e. The van der Waals surface area contributed by atoms with Crippen molar-refractivity contribution >= 4 is 6.08 Å². The molecule has 12 heavy (non-hydrogen) atoms. The number of hydrogen-bond acceptors (Lipinski definition) is 1. The molecule has 0 amide bonds. The molecule has 0 aliphatic rings. The van der Waals surface area contributed by atoms with Crippen LogP contribution in [0.5, 0.6) is 0 Å². The molecule has 0 spiro atoms. The third-order valence-corrected chi connectivity index (χ3v) is 1.28. The first-order valence-corrected chi connectivity index (χ1v) is 3.23. The molecule has 5 heteroatoms. The zero-order valence-electron chi connectivity index (χ0n) is 6.17. The van der Waals surface area contributed by atoms with E-state index >= 15 is 0 Å². The zero-order chi connectivity index (χ0) is 9.19. The molecule has 0 aliphatic heterocycles. The van der Waals surface area contributed by atoms with Gasteiger partial charge in [0.15, 0.2) is 0 Å². The Bertz CT molecular complexity index is 274. The topological polar surface area (TPSA) is 17.8 Å². The number of hydrogen-bond donors (Lipinski definition) is 0. The molecule has 2 nitrogen and oxygen atoms in total. The summed E-state index contributed by atoms with van der Waals surface area (Å²) < 4.78 is 36.6. The van der Waals surface area contributed by atoms with E-state index in [0.717, 1.165) is 4.57 Å². The molecule has 1 aromatic rings. The summed E-state index contributed by atoms with van der Waals surface area (Å²) in [6.07, 6.45) is -0.350. The van der Waals surface area contributed by atoms with Gasteiger partial charge in [-0.25, -0.2) is 4.98 Å². The molecule has 0 saturated heterocycles. The highest BCUT2D eigenvalue weighted by atomic mass is 19.4. The van der Waals surface area contributed by atoms with Gasteiger partial charge in [0.2, 0.25) is 0 Å². The molecule has 0 fully saturated rings. The Labute approximate surface area is 67.3 Å². The molecule has 1 heterocycles. The predicted molar refractivity (Wildman–Crippen MR) is 38.4 cm³/mol. The number of nitrogens with zero attached hydrogens (tertiary/aromatic N) is 2. The number of alkyl halides is 3. The van der Waals surface area contributed by atoms with Gasteiger partial charge in [-0.05, 0) is 6.08 Å². The summed E-state index contributed by atoms with van der Waals surface area (Å²) in [5.74, 6) is 0.229. The van der Waals surface area contributed by atoms with Crippen molar-refractivity contribution in [3.05, 3.63) is 24.8 Å². The van der Waals surface area contributed by atoms with Gasteiger partial charge < -0.3 is 4.57 Å². The fraction of sp³-hybridized carbons (Fsp3) is 0.286. The Morgan fingerprint density at radius 3 is 2.75 bits per heavy atom. The van der Waals surface area contributed by atoms with Crippen LogP contribution in [0.25, 0.3) is 6.08 Å².